The van der Waals surface area contributed by atoms with Crippen LogP contribution in [-0.2, 0) is 25.7 Å². The first-order chi connectivity index (χ1) is 26.8. The lowest BCUT2D eigenvalue weighted by molar-refractivity contribution is 0.172. The van der Waals surface area contributed by atoms with Crippen LogP contribution in [0.25, 0.3) is 0 Å². The van der Waals surface area contributed by atoms with Gasteiger partial charge in [-0.15, -0.1) is 11.6 Å². The molecule has 3 N–H and O–H groups in total. The van der Waals surface area contributed by atoms with Crippen molar-refractivity contribution in [3.63, 3.8) is 0 Å². The van der Waals surface area contributed by atoms with Gasteiger partial charge in [-0.3, -0.25) is 0 Å². The van der Waals surface area contributed by atoms with Crippen LogP contribution in [0.3, 0.4) is 0 Å². The Hall–Kier alpha value is -4.07. The van der Waals surface area contributed by atoms with Crippen LogP contribution >= 0.6 is 11.6 Å². The van der Waals surface area contributed by atoms with E-state index in [0.717, 1.165) is 128 Å². The highest BCUT2D eigenvalue weighted by atomic mass is 35.5. The van der Waals surface area contributed by atoms with E-state index in [2.05, 4.69) is 44.0 Å². The Morgan fingerprint density at radius 2 is 1.31 bits per heavy atom. The minimum Gasteiger partial charge on any atom is -0.493 e. The summed E-state index contributed by atoms with van der Waals surface area (Å²) in [4.78, 5) is 20.1. The van der Waals surface area contributed by atoms with Crippen molar-refractivity contribution in [2.75, 3.05) is 66.0 Å². The van der Waals surface area contributed by atoms with E-state index in [9.17, 15) is 5.11 Å². The van der Waals surface area contributed by atoms with Crippen LogP contribution in [0.2, 0.25) is 0 Å². The minimum atomic E-state index is -0.170. The smallest absolute Gasteiger partial charge is 0.161 e. The standard InChI is InChI=1S/C21H29N3O3.C17H21ClN2O2.C4H9NO/c1-3-17-7-9-22-21(23-17)14-16-5-6-19(26-2)20(13-16)27-12-4-10-24-11-8-18(25)15-24;1-3-14-7-9-19-17(20-14)12-13-5-6-15(21-2)16(11-13)22-10-4-8-18;6-4-1-2-5-3-4/h5-7,9,13,18,25H,3-4,8,10-12,14-15H2,1-2H3;5-7,9,11H,3-4,8,10,12H2,1-2H3;4-6H,1-3H2. The number of rotatable bonds is 17. The zero-order valence-electron chi connectivity index (χ0n) is 32.9. The molecule has 55 heavy (non-hydrogen) atoms. The van der Waals surface area contributed by atoms with Gasteiger partial charge in [-0.05, 0) is 92.6 Å². The third-order valence-corrected chi connectivity index (χ3v) is 9.39. The maximum absolute atomic E-state index is 9.59. The number of aromatic nitrogens is 4. The van der Waals surface area contributed by atoms with Crippen LogP contribution < -0.4 is 24.3 Å². The maximum Gasteiger partial charge on any atom is 0.161 e. The number of aliphatic hydroxyl groups excluding tert-OH is 2. The lowest BCUT2D eigenvalue weighted by Gasteiger charge is -2.16. The first-order valence-corrected chi connectivity index (χ1v) is 19.9. The fourth-order valence-electron chi connectivity index (χ4n) is 6.06. The fourth-order valence-corrected chi connectivity index (χ4v) is 6.17. The molecule has 2 unspecified atom stereocenters. The van der Waals surface area contributed by atoms with Crippen molar-refractivity contribution in [2.45, 2.75) is 77.4 Å². The molecule has 0 spiro atoms. The summed E-state index contributed by atoms with van der Waals surface area (Å²) in [6.45, 7) is 9.83. The predicted molar refractivity (Wildman–Crippen MR) is 216 cm³/mol. The predicted octanol–water partition coefficient (Wildman–Crippen LogP) is 5.46. The number of nitrogens with one attached hydrogen (secondary N) is 1. The first-order valence-electron chi connectivity index (χ1n) is 19.4. The molecular formula is C42H59ClN6O6. The van der Waals surface area contributed by atoms with Crippen molar-refractivity contribution < 1.29 is 29.2 Å². The molecule has 13 heteroatoms. The molecule has 0 saturated carbocycles. The van der Waals surface area contributed by atoms with Crippen LogP contribution in [0.5, 0.6) is 23.0 Å². The lowest BCUT2D eigenvalue weighted by atomic mass is 10.1. The number of aryl methyl sites for hydroxylation is 2. The second-order valence-corrected chi connectivity index (χ2v) is 13.8. The number of nitrogens with zero attached hydrogens (tertiary/aromatic N) is 5. The number of ether oxygens (including phenoxy) is 4. The van der Waals surface area contributed by atoms with E-state index in [1.54, 1.807) is 14.2 Å². The summed E-state index contributed by atoms with van der Waals surface area (Å²) in [5.74, 6) is 5.16. The third-order valence-electron chi connectivity index (χ3n) is 9.12. The van der Waals surface area contributed by atoms with Crippen molar-refractivity contribution in [3.05, 3.63) is 95.1 Å². The van der Waals surface area contributed by atoms with Gasteiger partial charge >= 0.3 is 0 Å². The Morgan fingerprint density at radius 1 is 0.745 bits per heavy atom. The van der Waals surface area contributed by atoms with E-state index in [4.69, 9.17) is 35.7 Å². The Kier molecular flexibility index (Phi) is 19.4. The van der Waals surface area contributed by atoms with Crippen molar-refractivity contribution in [2.24, 2.45) is 0 Å². The van der Waals surface area contributed by atoms with E-state index in [-0.39, 0.29) is 12.2 Å². The van der Waals surface area contributed by atoms with Gasteiger partial charge in [-0.2, -0.15) is 0 Å². The highest BCUT2D eigenvalue weighted by Crippen LogP contribution is 2.30. The quantitative estimate of drug-likeness (QED) is 0.0925. The summed E-state index contributed by atoms with van der Waals surface area (Å²) in [5, 5.41) is 21.3. The zero-order chi connectivity index (χ0) is 39.3. The Morgan fingerprint density at radius 3 is 1.73 bits per heavy atom. The molecule has 2 saturated heterocycles. The van der Waals surface area contributed by atoms with Gasteiger partial charge < -0.3 is 39.4 Å². The third kappa shape index (κ3) is 15.5. The van der Waals surface area contributed by atoms with E-state index in [1.807, 2.05) is 60.9 Å². The van der Waals surface area contributed by atoms with Gasteiger partial charge in [0.1, 0.15) is 11.6 Å². The molecule has 2 aliphatic rings. The van der Waals surface area contributed by atoms with Crippen molar-refractivity contribution in [1.29, 1.82) is 0 Å². The monoisotopic (exact) mass is 778 g/mol. The molecule has 0 aliphatic carbocycles. The van der Waals surface area contributed by atoms with Crippen LogP contribution in [0, 0.1) is 0 Å². The number of alkyl halides is 1. The van der Waals surface area contributed by atoms with Gasteiger partial charge in [0.25, 0.3) is 0 Å². The molecular weight excluding hydrogens is 720 g/mol. The Bertz CT molecular complexity index is 1690. The summed E-state index contributed by atoms with van der Waals surface area (Å²) in [5.41, 5.74) is 4.30. The number of aliphatic hydroxyl groups is 2. The summed E-state index contributed by atoms with van der Waals surface area (Å²) >= 11 is 5.68. The normalized spacial score (nSPS) is 16.4. The summed E-state index contributed by atoms with van der Waals surface area (Å²) < 4.78 is 22.5. The van der Waals surface area contributed by atoms with Crippen molar-refractivity contribution in [1.82, 2.24) is 30.2 Å². The maximum atomic E-state index is 9.59. The summed E-state index contributed by atoms with van der Waals surface area (Å²) in [6, 6.07) is 15.8. The van der Waals surface area contributed by atoms with Gasteiger partial charge in [0.05, 0.1) is 39.6 Å². The second kappa shape index (κ2) is 24.4. The molecule has 0 amide bonds. The molecule has 300 valence electrons. The van der Waals surface area contributed by atoms with E-state index >= 15 is 0 Å². The largest absolute Gasteiger partial charge is 0.493 e. The molecule has 2 fully saturated rings. The Labute approximate surface area is 331 Å². The van der Waals surface area contributed by atoms with Crippen LogP contribution in [0.1, 0.15) is 73.7 Å². The number of hydrogen-bond donors (Lipinski definition) is 3. The van der Waals surface area contributed by atoms with E-state index < -0.39 is 0 Å². The average Bonchev–Trinajstić information content (AvgIpc) is 3.87. The molecule has 2 aromatic carbocycles. The van der Waals surface area contributed by atoms with Gasteiger partial charge in [-0.1, -0.05) is 26.0 Å². The molecule has 0 bridgehead atoms. The van der Waals surface area contributed by atoms with Crippen LogP contribution in [0.4, 0.5) is 0 Å². The molecule has 12 nitrogen and oxygen atoms in total. The molecule has 6 rings (SSSR count). The van der Waals surface area contributed by atoms with E-state index in [0.29, 0.717) is 31.9 Å². The Balaban J connectivity index is 0.000000215. The fraction of sp³-hybridized carbons (Fsp3) is 0.524. The van der Waals surface area contributed by atoms with Gasteiger partial charge in [0, 0.05) is 68.7 Å². The van der Waals surface area contributed by atoms with Gasteiger partial charge in [-0.25, -0.2) is 19.9 Å². The zero-order valence-corrected chi connectivity index (χ0v) is 33.6. The topological polar surface area (TPSA) is 144 Å². The number of β-amino-alcohol motifs (C(OH)–C–C–N with tert-alkyl or cyclic N) is 2. The highest BCUT2D eigenvalue weighted by molar-refractivity contribution is 6.17. The van der Waals surface area contributed by atoms with Gasteiger partial charge in [0.15, 0.2) is 23.0 Å². The SMILES string of the molecule is CCc1ccnc(Cc2ccc(OC)c(OCCCCl)c2)n1.CCc1ccnc(Cc2ccc(OC)c(OCCCN3CCC(O)C3)c2)n1.OC1CCNC1. The lowest BCUT2D eigenvalue weighted by Crippen LogP contribution is -2.24. The molecule has 4 heterocycles. The molecule has 2 aliphatic heterocycles. The molecule has 0 radical (unpaired) electrons. The number of methoxy groups -OCH3 is 2. The molecule has 4 aromatic rings. The number of halogens is 1. The number of likely N-dealkylation sites (tertiary alicyclic amines) is 1. The number of benzene rings is 2. The van der Waals surface area contributed by atoms with Gasteiger partial charge in [0.2, 0.25) is 0 Å². The first kappa shape index (κ1) is 43.7. The second-order valence-electron chi connectivity index (χ2n) is 13.4. The number of hydrogen-bond acceptors (Lipinski definition) is 12. The van der Waals surface area contributed by atoms with Crippen LogP contribution in [-0.4, -0.2) is 113 Å². The minimum absolute atomic E-state index is 0.0648. The average molecular weight is 779 g/mol. The summed E-state index contributed by atoms with van der Waals surface area (Å²) in [7, 11) is 3.29. The van der Waals surface area contributed by atoms with E-state index in [1.165, 1.54) is 0 Å². The van der Waals surface area contributed by atoms with Crippen molar-refractivity contribution >= 4 is 11.6 Å². The molecule has 2 atom stereocenters. The highest BCUT2D eigenvalue weighted by Gasteiger charge is 2.19. The summed E-state index contributed by atoms with van der Waals surface area (Å²) in [6.07, 6.45) is 10.1. The van der Waals surface area contributed by atoms with Crippen molar-refractivity contribution in [3.8, 4) is 23.0 Å². The van der Waals surface area contributed by atoms with Crippen LogP contribution in [0.15, 0.2) is 60.9 Å². The molecule has 2 aromatic heterocycles.